The lowest BCUT2D eigenvalue weighted by atomic mass is 10.0. The molecular weight excluding hydrogens is 706 g/mol. The number of hydrazone groups is 1. The number of halogens is 1. The van der Waals surface area contributed by atoms with Crippen LogP contribution in [0.25, 0.3) is 0 Å². The van der Waals surface area contributed by atoms with Gasteiger partial charge in [-0.15, -0.1) is 45.7 Å². The molecule has 46 heavy (non-hydrogen) atoms. The van der Waals surface area contributed by atoms with Gasteiger partial charge in [-0.25, -0.2) is 15.2 Å². The standard InChI is InChI=1S/C24H21N9O8S4.ClH/c25-23-28-12(8-43-23)16(32-41-5-15(36)30-26-4-10-1-2-13(34)14(35)3-10)19(37)29-17-20(38)33-18(22(39)40)11(6-42-21(17)33)7-44-24-31-27-9-45-24;/h1-4,8-9,17,21,34-35H,5-7H2,(H2,25,28)(H,29,37)(H,30,36)(H,39,40);1H/t17?,21-;/m0./s1. The Morgan fingerprint density at radius 2 is 2.04 bits per heavy atom. The number of phenolic OH excluding ortho intramolecular Hbond substituents is 2. The number of aromatic nitrogens is 3. The first-order valence-electron chi connectivity index (χ1n) is 12.5. The van der Waals surface area contributed by atoms with Crippen molar-refractivity contribution in [3.8, 4) is 11.5 Å². The topological polar surface area (TPSA) is 255 Å². The molecule has 1 fully saturated rings. The Bertz CT molecular complexity index is 1730. The van der Waals surface area contributed by atoms with E-state index in [9.17, 15) is 34.5 Å². The van der Waals surface area contributed by atoms with Gasteiger partial charge in [0.25, 0.3) is 17.7 Å². The zero-order chi connectivity index (χ0) is 32.1. The number of carbonyl (C=O) groups excluding carboxylic acids is 3. The molecule has 0 aliphatic carbocycles. The van der Waals surface area contributed by atoms with E-state index in [1.807, 2.05) is 0 Å². The maximum atomic E-state index is 13.3. The van der Waals surface area contributed by atoms with Crippen LogP contribution in [0.5, 0.6) is 11.5 Å². The van der Waals surface area contributed by atoms with Gasteiger partial charge >= 0.3 is 5.97 Å². The number of carboxylic acid groups (broad SMARTS) is 1. The van der Waals surface area contributed by atoms with Crippen LogP contribution in [0.15, 0.2) is 55.0 Å². The number of hydrogen-bond acceptors (Lipinski definition) is 17. The summed E-state index contributed by atoms with van der Waals surface area (Å²) < 4.78 is 0.664. The second-order valence-corrected chi connectivity index (χ2v) is 13.0. The van der Waals surface area contributed by atoms with Gasteiger partial charge in [0, 0.05) is 16.9 Å². The molecule has 1 aromatic carbocycles. The van der Waals surface area contributed by atoms with Crippen LogP contribution in [-0.4, -0.2) is 101 Å². The highest BCUT2D eigenvalue weighted by Crippen LogP contribution is 2.41. The predicted octanol–water partition coefficient (Wildman–Crippen LogP) is 0.812. The van der Waals surface area contributed by atoms with E-state index in [0.29, 0.717) is 27.0 Å². The SMILES string of the molecule is Cl.Nc1nc(C(=NOCC(=O)NN=Cc2ccc(O)c(O)c2)C(=O)NC2C(=O)N3C(C(=O)O)=C(CSc4nncs4)CS[C@@H]23)cs1. The second-order valence-electron chi connectivity index (χ2n) is 8.94. The van der Waals surface area contributed by atoms with Crippen molar-refractivity contribution in [2.45, 2.75) is 15.8 Å². The first kappa shape index (κ1) is 34.4. The van der Waals surface area contributed by atoms with Crippen LogP contribution < -0.4 is 16.5 Å². The number of hydrogen-bond donors (Lipinski definition) is 6. The van der Waals surface area contributed by atoms with Crippen LogP contribution in [0.3, 0.4) is 0 Å². The maximum absolute atomic E-state index is 13.3. The molecule has 3 amide bonds. The number of nitrogens with one attached hydrogen (secondary N) is 2. The number of benzene rings is 1. The van der Waals surface area contributed by atoms with E-state index in [0.717, 1.165) is 16.2 Å². The van der Waals surface area contributed by atoms with Gasteiger partial charge in [0.2, 0.25) is 0 Å². The van der Waals surface area contributed by atoms with Gasteiger partial charge in [-0.1, -0.05) is 28.3 Å². The number of nitrogens with zero attached hydrogens (tertiary/aromatic N) is 6. The minimum absolute atomic E-state index is 0. The van der Waals surface area contributed by atoms with Gasteiger partial charge < -0.3 is 31.2 Å². The summed E-state index contributed by atoms with van der Waals surface area (Å²) in [4.78, 5) is 60.9. The summed E-state index contributed by atoms with van der Waals surface area (Å²) in [7, 11) is 0. The summed E-state index contributed by atoms with van der Waals surface area (Å²) >= 11 is 4.96. The number of fused-ring (bicyclic) bond motifs is 1. The van der Waals surface area contributed by atoms with Crippen molar-refractivity contribution >= 4 is 99.4 Å². The highest BCUT2D eigenvalue weighted by atomic mass is 35.5. The fourth-order valence-electron chi connectivity index (χ4n) is 3.97. The van der Waals surface area contributed by atoms with Gasteiger partial charge in [-0.05, 0) is 29.3 Å². The molecule has 0 radical (unpaired) electrons. The molecular formula is C24H22ClN9O8S4. The zero-order valence-electron chi connectivity index (χ0n) is 22.9. The number of nitrogens with two attached hydrogens (primary N) is 1. The van der Waals surface area contributed by atoms with Gasteiger partial charge in [0.1, 0.15) is 28.3 Å². The lowest BCUT2D eigenvalue weighted by molar-refractivity contribution is -0.150. The van der Waals surface area contributed by atoms with Crippen molar-refractivity contribution in [2.75, 3.05) is 23.8 Å². The molecule has 2 atom stereocenters. The molecule has 242 valence electrons. The Labute approximate surface area is 281 Å². The molecule has 3 aromatic rings. The number of aromatic hydroxyl groups is 2. The normalized spacial score (nSPS) is 17.6. The number of thioether (sulfide) groups is 2. The summed E-state index contributed by atoms with van der Waals surface area (Å²) in [5.41, 5.74) is 9.91. The van der Waals surface area contributed by atoms with E-state index >= 15 is 0 Å². The molecule has 2 aromatic heterocycles. The van der Waals surface area contributed by atoms with Crippen LogP contribution in [0.1, 0.15) is 11.3 Å². The maximum Gasteiger partial charge on any atom is 0.352 e. The number of thiazole rings is 1. The Kier molecular flexibility index (Phi) is 11.4. The van der Waals surface area contributed by atoms with E-state index in [2.05, 4.69) is 36.2 Å². The Balaban J connectivity index is 0.00000480. The summed E-state index contributed by atoms with van der Waals surface area (Å²) in [6, 6.07) is 2.87. The van der Waals surface area contributed by atoms with Crippen LogP contribution in [0.4, 0.5) is 5.13 Å². The average molecular weight is 728 g/mol. The van der Waals surface area contributed by atoms with Crippen molar-refractivity contribution in [3.63, 3.8) is 0 Å². The van der Waals surface area contributed by atoms with Gasteiger partial charge in [-0.3, -0.25) is 19.3 Å². The number of anilines is 1. The second kappa shape index (κ2) is 15.2. The van der Waals surface area contributed by atoms with Crippen molar-refractivity contribution in [1.82, 2.24) is 30.8 Å². The minimum Gasteiger partial charge on any atom is -0.504 e. The van der Waals surface area contributed by atoms with E-state index in [1.165, 1.54) is 64.7 Å². The number of rotatable bonds is 12. The number of β-lactam (4-membered cyclic amide) rings is 1. The van der Waals surface area contributed by atoms with E-state index in [-0.39, 0.29) is 46.1 Å². The van der Waals surface area contributed by atoms with Crippen molar-refractivity contribution in [3.05, 3.63) is 51.6 Å². The molecule has 7 N–H and O–H groups in total. The molecule has 0 spiro atoms. The molecule has 2 aliphatic heterocycles. The third kappa shape index (κ3) is 7.85. The Morgan fingerprint density at radius 3 is 2.72 bits per heavy atom. The fraction of sp³-hybridized carbons (Fsp3) is 0.208. The zero-order valence-corrected chi connectivity index (χ0v) is 27.0. The number of carbonyl (C=O) groups is 4. The molecule has 17 nitrogen and oxygen atoms in total. The largest absolute Gasteiger partial charge is 0.504 e. The first-order chi connectivity index (χ1) is 21.6. The highest BCUT2D eigenvalue weighted by Gasteiger charge is 2.54. The number of nitrogen functional groups attached to an aromatic ring is 1. The predicted molar refractivity (Wildman–Crippen MR) is 172 cm³/mol. The van der Waals surface area contributed by atoms with E-state index in [1.54, 1.807) is 5.51 Å². The van der Waals surface area contributed by atoms with Crippen LogP contribution in [0.2, 0.25) is 0 Å². The van der Waals surface area contributed by atoms with Crippen LogP contribution in [-0.2, 0) is 24.0 Å². The summed E-state index contributed by atoms with van der Waals surface area (Å²) in [5, 5.41) is 47.4. The third-order valence-electron chi connectivity index (χ3n) is 5.98. The molecule has 5 rings (SSSR count). The van der Waals surface area contributed by atoms with E-state index < -0.39 is 41.7 Å². The van der Waals surface area contributed by atoms with Crippen LogP contribution in [0, 0.1) is 0 Å². The number of oxime groups is 1. The van der Waals surface area contributed by atoms with E-state index in [4.69, 9.17) is 10.6 Å². The quantitative estimate of drug-likeness (QED) is 0.0497. The van der Waals surface area contributed by atoms with Crippen molar-refractivity contribution in [2.24, 2.45) is 10.3 Å². The number of phenols is 2. The molecule has 0 bridgehead atoms. The molecule has 1 saturated heterocycles. The average Bonchev–Trinajstić information content (AvgIpc) is 3.70. The molecule has 22 heteroatoms. The minimum atomic E-state index is -1.26. The fourth-order valence-corrected chi connectivity index (χ4v) is 7.49. The monoisotopic (exact) mass is 727 g/mol. The smallest absolute Gasteiger partial charge is 0.352 e. The molecule has 2 aliphatic rings. The summed E-state index contributed by atoms with van der Waals surface area (Å²) in [5.74, 6) is -3.54. The number of amides is 3. The third-order valence-corrected chi connectivity index (χ3v) is 9.94. The molecule has 1 unspecified atom stereocenters. The summed E-state index contributed by atoms with van der Waals surface area (Å²) in [6.07, 6.45) is 1.21. The Hall–Kier alpha value is -4.44. The molecule has 0 saturated carbocycles. The number of carboxylic acids is 1. The van der Waals surface area contributed by atoms with Crippen LogP contribution >= 0.6 is 58.6 Å². The van der Waals surface area contributed by atoms with Gasteiger partial charge in [0.05, 0.1) is 6.21 Å². The molecule has 4 heterocycles. The van der Waals surface area contributed by atoms with Gasteiger partial charge in [0.15, 0.2) is 33.3 Å². The highest BCUT2D eigenvalue weighted by molar-refractivity contribution is 8.01. The summed E-state index contributed by atoms with van der Waals surface area (Å²) in [6.45, 7) is -0.659. The number of aliphatic carboxylic acids is 1. The Morgan fingerprint density at radius 1 is 1.24 bits per heavy atom. The lowest BCUT2D eigenvalue weighted by Crippen LogP contribution is -2.71. The van der Waals surface area contributed by atoms with Crippen molar-refractivity contribution in [1.29, 1.82) is 0 Å². The van der Waals surface area contributed by atoms with Crippen molar-refractivity contribution < 1.29 is 39.3 Å². The first-order valence-corrected chi connectivity index (χ1v) is 16.3. The lowest BCUT2D eigenvalue weighted by Gasteiger charge is -2.49. The van der Waals surface area contributed by atoms with Gasteiger partial charge in [-0.2, -0.15) is 5.10 Å².